The molecule has 1 aliphatic rings. The minimum atomic E-state index is 0.117. The van der Waals surface area contributed by atoms with Crippen LogP contribution >= 0.6 is 0 Å². The molecule has 0 bridgehead atoms. The first-order valence-corrected chi connectivity index (χ1v) is 6.39. The summed E-state index contributed by atoms with van der Waals surface area (Å²) in [5, 5.41) is 6.23. The van der Waals surface area contributed by atoms with Crippen molar-refractivity contribution in [3.8, 4) is 0 Å². The monoisotopic (exact) mass is 245 g/mol. The maximum absolute atomic E-state index is 11.7. The van der Waals surface area contributed by atoms with Gasteiger partial charge in [-0.3, -0.25) is 9.78 Å². The van der Waals surface area contributed by atoms with Crippen LogP contribution in [0.25, 0.3) is 0 Å². The van der Waals surface area contributed by atoms with E-state index in [1.54, 1.807) is 12.4 Å². The molecule has 0 spiro atoms. The standard InChI is InChI=1S/C14H19N3O/c18-14(2-1-12-3-7-15-8-4-12)17-11-13-5-9-16-10-6-13/h3-5,7-8,16H,1-2,6,9-11H2,(H,17,18). The number of amides is 1. The van der Waals surface area contributed by atoms with Gasteiger partial charge in [0.25, 0.3) is 0 Å². The first-order chi connectivity index (χ1) is 8.84. The summed E-state index contributed by atoms with van der Waals surface area (Å²) < 4.78 is 0. The van der Waals surface area contributed by atoms with Crippen molar-refractivity contribution in [3.05, 3.63) is 41.7 Å². The predicted molar refractivity (Wildman–Crippen MR) is 71.1 cm³/mol. The van der Waals surface area contributed by atoms with Crippen molar-refractivity contribution >= 4 is 5.91 Å². The number of nitrogens with zero attached hydrogens (tertiary/aromatic N) is 1. The highest BCUT2D eigenvalue weighted by Gasteiger charge is 2.05. The van der Waals surface area contributed by atoms with Crippen molar-refractivity contribution in [1.29, 1.82) is 0 Å². The van der Waals surface area contributed by atoms with Gasteiger partial charge in [-0.15, -0.1) is 0 Å². The van der Waals surface area contributed by atoms with Crippen molar-refractivity contribution in [3.63, 3.8) is 0 Å². The van der Waals surface area contributed by atoms with Gasteiger partial charge in [0.15, 0.2) is 0 Å². The van der Waals surface area contributed by atoms with E-state index in [1.807, 2.05) is 12.1 Å². The van der Waals surface area contributed by atoms with E-state index in [0.717, 1.165) is 31.5 Å². The largest absolute Gasteiger partial charge is 0.352 e. The smallest absolute Gasteiger partial charge is 0.220 e. The summed E-state index contributed by atoms with van der Waals surface area (Å²) in [6.45, 7) is 2.62. The highest BCUT2D eigenvalue weighted by atomic mass is 16.1. The molecule has 1 aromatic rings. The normalized spacial score (nSPS) is 15.0. The van der Waals surface area contributed by atoms with Crippen LogP contribution in [0.5, 0.6) is 0 Å². The maximum Gasteiger partial charge on any atom is 0.220 e. The lowest BCUT2D eigenvalue weighted by molar-refractivity contribution is -0.120. The second-order valence-electron chi connectivity index (χ2n) is 4.45. The Kier molecular flexibility index (Phi) is 4.90. The second-order valence-corrected chi connectivity index (χ2v) is 4.45. The second kappa shape index (κ2) is 6.91. The van der Waals surface area contributed by atoms with E-state index in [-0.39, 0.29) is 5.91 Å². The van der Waals surface area contributed by atoms with Gasteiger partial charge in [0.1, 0.15) is 0 Å². The summed E-state index contributed by atoms with van der Waals surface area (Å²) >= 11 is 0. The van der Waals surface area contributed by atoms with Crippen molar-refractivity contribution in [2.24, 2.45) is 0 Å². The molecule has 4 heteroatoms. The Morgan fingerprint density at radius 3 is 2.94 bits per heavy atom. The lowest BCUT2D eigenvalue weighted by Gasteiger charge is -2.14. The lowest BCUT2D eigenvalue weighted by Crippen LogP contribution is -2.29. The van der Waals surface area contributed by atoms with Crippen LogP contribution < -0.4 is 10.6 Å². The fraction of sp³-hybridized carbons (Fsp3) is 0.429. The van der Waals surface area contributed by atoms with Crippen LogP contribution in [0.15, 0.2) is 36.2 Å². The highest BCUT2D eigenvalue weighted by molar-refractivity contribution is 5.76. The van der Waals surface area contributed by atoms with E-state index in [9.17, 15) is 4.79 Å². The average Bonchev–Trinajstić information content (AvgIpc) is 2.45. The molecular formula is C14H19N3O. The Hall–Kier alpha value is -1.68. The third-order valence-electron chi connectivity index (χ3n) is 3.06. The summed E-state index contributed by atoms with van der Waals surface area (Å²) in [5.74, 6) is 0.117. The summed E-state index contributed by atoms with van der Waals surface area (Å²) in [6.07, 6.45) is 8.02. The predicted octanol–water partition coefficient (Wildman–Crippen LogP) is 1.05. The molecule has 0 fully saturated rings. The zero-order valence-corrected chi connectivity index (χ0v) is 10.5. The third-order valence-corrected chi connectivity index (χ3v) is 3.06. The fourth-order valence-corrected chi connectivity index (χ4v) is 1.94. The minimum Gasteiger partial charge on any atom is -0.352 e. The van der Waals surface area contributed by atoms with Crippen LogP contribution in [0.2, 0.25) is 0 Å². The molecule has 0 aromatic carbocycles. The Morgan fingerprint density at radius 2 is 2.22 bits per heavy atom. The van der Waals surface area contributed by atoms with Crippen molar-refractivity contribution in [2.75, 3.05) is 19.6 Å². The molecule has 0 atom stereocenters. The first kappa shape index (κ1) is 12.8. The van der Waals surface area contributed by atoms with Crippen LogP contribution in [-0.2, 0) is 11.2 Å². The number of hydrogen-bond donors (Lipinski definition) is 2. The number of rotatable bonds is 5. The molecule has 2 N–H and O–H groups in total. The van der Waals surface area contributed by atoms with Gasteiger partial charge in [0.2, 0.25) is 5.91 Å². The van der Waals surface area contributed by atoms with E-state index in [4.69, 9.17) is 0 Å². The number of hydrogen-bond acceptors (Lipinski definition) is 3. The summed E-state index contributed by atoms with van der Waals surface area (Å²) in [6, 6.07) is 3.89. The minimum absolute atomic E-state index is 0.117. The Labute approximate surface area is 108 Å². The highest BCUT2D eigenvalue weighted by Crippen LogP contribution is 2.03. The molecule has 0 saturated heterocycles. The molecule has 0 aliphatic carbocycles. The van der Waals surface area contributed by atoms with Crippen LogP contribution in [-0.4, -0.2) is 30.5 Å². The summed E-state index contributed by atoms with van der Waals surface area (Å²) in [5.41, 5.74) is 2.48. The number of aryl methyl sites for hydroxylation is 1. The van der Waals surface area contributed by atoms with Crippen LogP contribution in [0.3, 0.4) is 0 Å². The molecule has 1 aromatic heterocycles. The SMILES string of the molecule is O=C(CCc1ccncc1)NCC1=CCNCC1. The van der Waals surface area contributed by atoms with E-state index >= 15 is 0 Å². The third kappa shape index (κ3) is 4.30. The molecule has 2 rings (SSSR count). The van der Waals surface area contributed by atoms with Gasteiger partial charge in [-0.05, 0) is 37.1 Å². The molecule has 0 unspecified atom stereocenters. The van der Waals surface area contributed by atoms with Gasteiger partial charge in [0.05, 0.1) is 0 Å². The van der Waals surface area contributed by atoms with Crippen LogP contribution in [0.4, 0.5) is 0 Å². The van der Waals surface area contributed by atoms with Crippen molar-refractivity contribution < 1.29 is 4.79 Å². The Bertz CT molecular complexity index is 414. The van der Waals surface area contributed by atoms with Gasteiger partial charge in [-0.2, -0.15) is 0 Å². The average molecular weight is 245 g/mol. The number of aromatic nitrogens is 1. The first-order valence-electron chi connectivity index (χ1n) is 6.39. The van der Waals surface area contributed by atoms with Crippen molar-refractivity contribution in [1.82, 2.24) is 15.6 Å². The number of nitrogens with one attached hydrogen (secondary N) is 2. The molecule has 0 radical (unpaired) electrons. The zero-order valence-electron chi connectivity index (χ0n) is 10.5. The fourth-order valence-electron chi connectivity index (χ4n) is 1.94. The van der Waals surface area contributed by atoms with Crippen molar-refractivity contribution in [2.45, 2.75) is 19.3 Å². The van der Waals surface area contributed by atoms with E-state index in [1.165, 1.54) is 5.57 Å². The van der Waals surface area contributed by atoms with Gasteiger partial charge >= 0.3 is 0 Å². The topological polar surface area (TPSA) is 54.0 Å². The molecule has 96 valence electrons. The molecule has 18 heavy (non-hydrogen) atoms. The molecule has 1 aliphatic heterocycles. The number of pyridine rings is 1. The number of carbonyl (C=O) groups is 1. The molecule has 0 saturated carbocycles. The summed E-state index contributed by atoms with van der Waals surface area (Å²) in [4.78, 5) is 15.6. The van der Waals surface area contributed by atoms with Crippen LogP contribution in [0, 0.1) is 0 Å². The molecular weight excluding hydrogens is 226 g/mol. The van der Waals surface area contributed by atoms with E-state index in [0.29, 0.717) is 13.0 Å². The molecule has 2 heterocycles. The number of carbonyl (C=O) groups excluding carboxylic acids is 1. The van der Waals surface area contributed by atoms with E-state index < -0.39 is 0 Å². The van der Waals surface area contributed by atoms with Crippen LogP contribution in [0.1, 0.15) is 18.4 Å². The zero-order chi connectivity index (χ0) is 12.6. The van der Waals surface area contributed by atoms with Gasteiger partial charge in [-0.1, -0.05) is 11.6 Å². The maximum atomic E-state index is 11.7. The van der Waals surface area contributed by atoms with Gasteiger partial charge in [0, 0.05) is 31.9 Å². The Morgan fingerprint density at radius 1 is 1.39 bits per heavy atom. The van der Waals surface area contributed by atoms with Gasteiger partial charge < -0.3 is 10.6 Å². The lowest BCUT2D eigenvalue weighted by atomic mass is 10.1. The van der Waals surface area contributed by atoms with Gasteiger partial charge in [-0.25, -0.2) is 0 Å². The quantitative estimate of drug-likeness (QED) is 0.762. The van der Waals surface area contributed by atoms with E-state index in [2.05, 4.69) is 21.7 Å². The molecule has 4 nitrogen and oxygen atoms in total. The Balaban J connectivity index is 1.67. The molecule has 1 amide bonds. The summed E-state index contributed by atoms with van der Waals surface area (Å²) in [7, 11) is 0.